The monoisotopic (exact) mass is 411 g/mol. The summed E-state index contributed by atoms with van der Waals surface area (Å²) in [4.78, 5) is 10.4. The van der Waals surface area contributed by atoms with Crippen LogP contribution in [0.5, 0.6) is 0 Å². The van der Waals surface area contributed by atoms with E-state index < -0.39 is 0 Å². The van der Waals surface area contributed by atoms with Crippen molar-refractivity contribution in [2.75, 3.05) is 5.73 Å². The van der Waals surface area contributed by atoms with E-state index in [2.05, 4.69) is 31.3 Å². The summed E-state index contributed by atoms with van der Waals surface area (Å²) in [6.45, 7) is 2.20. The van der Waals surface area contributed by atoms with Crippen molar-refractivity contribution in [1.82, 2.24) is 34.7 Å². The van der Waals surface area contributed by atoms with Gasteiger partial charge in [0.1, 0.15) is 12.1 Å². The normalized spacial score (nSPS) is 11.1. The van der Waals surface area contributed by atoms with Crippen LogP contribution in [0.3, 0.4) is 0 Å². The molecular weight excluding hydrogens is 394 g/mol. The van der Waals surface area contributed by atoms with Crippen molar-refractivity contribution in [3.05, 3.63) is 59.9 Å². The zero-order valence-corrected chi connectivity index (χ0v) is 16.8. The van der Waals surface area contributed by atoms with Gasteiger partial charge in [0.05, 0.1) is 34.3 Å². The number of aromatic nitrogens is 7. The average Bonchev–Trinajstić information content (AvgIpc) is 3.49. The molecule has 0 spiro atoms. The van der Waals surface area contributed by atoms with E-state index in [4.69, 9.17) is 10.2 Å². The molecule has 5 aromatic rings. The number of nitrogen functional groups attached to an aromatic ring is 1. The molecule has 0 saturated carbocycles. The fourth-order valence-corrected chi connectivity index (χ4v) is 3.53. The highest BCUT2D eigenvalue weighted by atomic mass is 16.3. The van der Waals surface area contributed by atoms with E-state index in [-0.39, 0.29) is 5.82 Å². The fourth-order valence-electron chi connectivity index (χ4n) is 3.53. The number of oxazole rings is 1. The molecule has 10 nitrogen and oxygen atoms in total. The molecule has 0 amide bonds. The molecule has 10 heteroatoms. The van der Waals surface area contributed by atoms with E-state index >= 15 is 0 Å². The Morgan fingerprint density at radius 1 is 1.13 bits per heavy atom. The number of nitriles is 1. The summed E-state index contributed by atoms with van der Waals surface area (Å²) in [5, 5.41) is 23.2. The summed E-state index contributed by atoms with van der Waals surface area (Å²) in [5.41, 5.74) is 10.9. The second kappa shape index (κ2) is 7.07. The lowest BCUT2D eigenvalue weighted by Crippen LogP contribution is -2.05. The van der Waals surface area contributed by atoms with E-state index in [9.17, 15) is 5.26 Å². The topological polar surface area (TPSA) is 137 Å². The summed E-state index contributed by atoms with van der Waals surface area (Å²) < 4.78 is 7.41. The van der Waals surface area contributed by atoms with E-state index in [1.807, 2.05) is 38.4 Å². The van der Waals surface area contributed by atoms with Crippen molar-refractivity contribution in [1.29, 1.82) is 5.26 Å². The summed E-state index contributed by atoms with van der Waals surface area (Å²) >= 11 is 0. The maximum atomic E-state index is 9.62. The smallest absolute Gasteiger partial charge is 0.181 e. The molecule has 0 bridgehead atoms. The molecular formula is C21H17N9O. The molecule has 4 heterocycles. The Morgan fingerprint density at radius 2 is 1.94 bits per heavy atom. The third kappa shape index (κ3) is 3.08. The lowest BCUT2D eigenvalue weighted by molar-refractivity contribution is 0.570. The molecule has 0 radical (unpaired) electrons. The van der Waals surface area contributed by atoms with Crippen LogP contribution in [0, 0.1) is 18.3 Å². The van der Waals surface area contributed by atoms with Gasteiger partial charge in [0.15, 0.2) is 23.5 Å². The standard InChI is InChI=1S/C21H17N9O/c1-12-20(31-11-24-12)16-17(15-6-4-3-5-13(15)9-22)25-21(23)19-18(16)27-30(28-19)10-14-7-8-29(2)26-14/h3-8,11H,10H2,1-2H3,(H2,23,25). The minimum atomic E-state index is 0.214. The van der Waals surface area contributed by atoms with Crippen molar-refractivity contribution >= 4 is 16.9 Å². The number of pyridine rings is 1. The van der Waals surface area contributed by atoms with Crippen LogP contribution >= 0.6 is 0 Å². The first-order chi connectivity index (χ1) is 15.0. The minimum absolute atomic E-state index is 0.214. The molecule has 2 N–H and O–H groups in total. The zero-order valence-electron chi connectivity index (χ0n) is 16.8. The Kier molecular flexibility index (Phi) is 4.22. The average molecular weight is 411 g/mol. The number of fused-ring (bicyclic) bond motifs is 1. The van der Waals surface area contributed by atoms with Gasteiger partial charge in [-0.15, -0.1) is 5.10 Å². The van der Waals surface area contributed by atoms with E-state index in [0.29, 0.717) is 51.4 Å². The van der Waals surface area contributed by atoms with Gasteiger partial charge in [0.2, 0.25) is 0 Å². The number of nitrogens with two attached hydrogens (primary N) is 1. The first-order valence-corrected chi connectivity index (χ1v) is 9.48. The molecule has 31 heavy (non-hydrogen) atoms. The van der Waals surface area contributed by atoms with Crippen LogP contribution < -0.4 is 5.73 Å². The van der Waals surface area contributed by atoms with Crippen molar-refractivity contribution in [3.8, 4) is 28.7 Å². The summed E-state index contributed by atoms with van der Waals surface area (Å²) in [5.74, 6) is 0.719. The second-order valence-electron chi connectivity index (χ2n) is 7.05. The molecule has 0 saturated heterocycles. The molecule has 0 aliphatic heterocycles. The number of benzene rings is 1. The van der Waals surface area contributed by atoms with Crippen LogP contribution in [0.2, 0.25) is 0 Å². The summed E-state index contributed by atoms with van der Waals surface area (Å²) in [6, 6.07) is 11.3. The van der Waals surface area contributed by atoms with Gasteiger partial charge in [-0.05, 0) is 19.1 Å². The number of hydrogen-bond acceptors (Lipinski definition) is 8. The van der Waals surface area contributed by atoms with Gasteiger partial charge < -0.3 is 10.2 Å². The SMILES string of the molecule is Cc1ncoc1-c1c(-c2ccccc2C#N)nc(N)c2nn(Cc3ccn(C)n3)nc12. The number of rotatable bonds is 4. The lowest BCUT2D eigenvalue weighted by atomic mass is 9.98. The Hall–Kier alpha value is -4.52. The Labute approximate surface area is 176 Å². The largest absolute Gasteiger partial charge is 0.443 e. The van der Waals surface area contributed by atoms with Crippen molar-refractivity contribution in [3.63, 3.8) is 0 Å². The molecule has 152 valence electrons. The van der Waals surface area contributed by atoms with Crippen LogP contribution in [-0.4, -0.2) is 34.7 Å². The maximum absolute atomic E-state index is 9.62. The van der Waals surface area contributed by atoms with Gasteiger partial charge >= 0.3 is 0 Å². The number of hydrogen-bond donors (Lipinski definition) is 1. The van der Waals surface area contributed by atoms with Gasteiger partial charge in [-0.1, -0.05) is 18.2 Å². The van der Waals surface area contributed by atoms with Crippen molar-refractivity contribution in [2.45, 2.75) is 13.5 Å². The van der Waals surface area contributed by atoms with E-state index in [1.54, 1.807) is 16.8 Å². The first kappa shape index (κ1) is 18.5. The third-order valence-corrected chi connectivity index (χ3v) is 4.95. The molecule has 0 unspecified atom stereocenters. The van der Waals surface area contributed by atoms with Gasteiger partial charge in [-0.25, -0.2) is 9.97 Å². The van der Waals surface area contributed by atoms with Crippen molar-refractivity contribution < 1.29 is 4.42 Å². The van der Waals surface area contributed by atoms with Crippen LogP contribution in [0.1, 0.15) is 17.0 Å². The molecule has 4 aromatic heterocycles. The molecule has 0 atom stereocenters. The van der Waals surface area contributed by atoms with Gasteiger partial charge in [-0.3, -0.25) is 4.68 Å². The predicted molar refractivity (Wildman–Crippen MR) is 112 cm³/mol. The Bertz CT molecular complexity index is 1470. The lowest BCUT2D eigenvalue weighted by Gasteiger charge is -2.10. The van der Waals surface area contributed by atoms with Crippen LogP contribution in [0.25, 0.3) is 33.6 Å². The Morgan fingerprint density at radius 3 is 2.65 bits per heavy atom. The molecule has 1 aromatic carbocycles. The highest BCUT2D eigenvalue weighted by molar-refractivity contribution is 6.02. The maximum Gasteiger partial charge on any atom is 0.181 e. The molecule has 0 fully saturated rings. The second-order valence-corrected chi connectivity index (χ2v) is 7.05. The molecule has 5 rings (SSSR count). The number of anilines is 1. The zero-order chi connectivity index (χ0) is 21.5. The summed E-state index contributed by atoms with van der Waals surface area (Å²) in [7, 11) is 1.85. The fraction of sp³-hybridized carbons (Fsp3) is 0.143. The number of aryl methyl sites for hydroxylation is 2. The van der Waals surface area contributed by atoms with E-state index in [0.717, 1.165) is 5.69 Å². The predicted octanol–water partition coefficient (Wildman–Crippen LogP) is 2.69. The van der Waals surface area contributed by atoms with Crippen LogP contribution in [0.4, 0.5) is 5.82 Å². The van der Waals surface area contributed by atoms with Gasteiger partial charge in [-0.2, -0.15) is 20.3 Å². The molecule has 0 aliphatic rings. The highest BCUT2D eigenvalue weighted by Crippen LogP contribution is 2.39. The summed E-state index contributed by atoms with van der Waals surface area (Å²) in [6.07, 6.45) is 3.22. The van der Waals surface area contributed by atoms with Gasteiger partial charge in [0.25, 0.3) is 0 Å². The highest BCUT2D eigenvalue weighted by Gasteiger charge is 2.25. The minimum Gasteiger partial charge on any atom is -0.443 e. The molecule has 0 aliphatic carbocycles. The number of nitrogens with zero attached hydrogens (tertiary/aromatic N) is 8. The van der Waals surface area contributed by atoms with Crippen LogP contribution in [0.15, 0.2) is 47.3 Å². The quantitative estimate of drug-likeness (QED) is 0.476. The van der Waals surface area contributed by atoms with Crippen molar-refractivity contribution in [2.24, 2.45) is 7.05 Å². The third-order valence-electron chi connectivity index (χ3n) is 4.95. The van der Waals surface area contributed by atoms with Crippen LogP contribution in [-0.2, 0) is 13.6 Å². The van der Waals surface area contributed by atoms with Gasteiger partial charge in [0, 0.05) is 18.8 Å². The first-order valence-electron chi connectivity index (χ1n) is 9.48. The Balaban J connectivity index is 1.79. The van der Waals surface area contributed by atoms with E-state index in [1.165, 1.54) is 11.2 Å².